The summed E-state index contributed by atoms with van der Waals surface area (Å²) in [6, 6.07) is 4.03. The van der Waals surface area contributed by atoms with Gasteiger partial charge in [-0.3, -0.25) is 4.79 Å². The first-order valence-corrected chi connectivity index (χ1v) is 8.33. The lowest BCUT2D eigenvalue weighted by atomic mass is 9.93. The summed E-state index contributed by atoms with van der Waals surface area (Å²) < 4.78 is 0.991. The van der Waals surface area contributed by atoms with Gasteiger partial charge in [-0.25, -0.2) is 4.98 Å². The smallest absolute Gasteiger partial charge is 0.226 e. The van der Waals surface area contributed by atoms with Crippen molar-refractivity contribution >= 4 is 27.7 Å². The third-order valence-electron chi connectivity index (χ3n) is 4.25. The third kappa shape index (κ3) is 3.46. The lowest BCUT2D eigenvalue weighted by Gasteiger charge is -2.37. The Hall–Kier alpha value is -1.36. The van der Waals surface area contributed by atoms with Crippen molar-refractivity contribution in [1.82, 2.24) is 9.88 Å². The van der Waals surface area contributed by atoms with Gasteiger partial charge in [0.1, 0.15) is 5.82 Å². The maximum atomic E-state index is 12.5. The molecule has 0 spiro atoms. The van der Waals surface area contributed by atoms with Crippen LogP contribution in [-0.2, 0) is 4.79 Å². The van der Waals surface area contributed by atoms with Crippen LogP contribution >= 0.6 is 15.9 Å². The molecule has 2 heterocycles. The molecule has 1 aliphatic heterocycles. The van der Waals surface area contributed by atoms with Crippen LogP contribution in [-0.4, -0.2) is 42.0 Å². The van der Waals surface area contributed by atoms with Gasteiger partial charge in [-0.1, -0.05) is 12.2 Å². The molecule has 2 aliphatic rings. The highest BCUT2D eigenvalue weighted by Crippen LogP contribution is 2.22. The van der Waals surface area contributed by atoms with Crippen molar-refractivity contribution < 1.29 is 4.79 Å². The van der Waals surface area contributed by atoms with Crippen molar-refractivity contribution in [3.8, 4) is 0 Å². The summed E-state index contributed by atoms with van der Waals surface area (Å²) >= 11 is 3.40. The van der Waals surface area contributed by atoms with E-state index < -0.39 is 0 Å². The van der Waals surface area contributed by atoms with E-state index in [9.17, 15) is 4.79 Å². The molecule has 0 aromatic carbocycles. The number of hydrogen-bond acceptors (Lipinski definition) is 3. The minimum absolute atomic E-state index is 0.201. The van der Waals surface area contributed by atoms with Crippen LogP contribution in [0.3, 0.4) is 0 Å². The fraction of sp³-hybridized carbons (Fsp3) is 0.500. The third-order valence-corrected chi connectivity index (χ3v) is 4.71. The van der Waals surface area contributed by atoms with Crippen molar-refractivity contribution in [2.75, 3.05) is 31.1 Å². The van der Waals surface area contributed by atoms with Crippen molar-refractivity contribution in [2.45, 2.75) is 19.3 Å². The Labute approximate surface area is 134 Å². The average molecular weight is 350 g/mol. The molecule has 1 aromatic rings. The second-order valence-corrected chi connectivity index (χ2v) is 6.54. The Morgan fingerprint density at radius 3 is 2.62 bits per heavy atom. The molecule has 0 N–H and O–H groups in total. The normalized spacial score (nSPS) is 22.4. The number of amides is 1. The zero-order valence-electron chi connectivity index (χ0n) is 12.0. The molecule has 1 aromatic heterocycles. The van der Waals surface area contributed by atoms with Gasteiger partial charge in [0.25, 0.3) is 0 Å². The van der Waals surface area contributed by atoms with Crippen molar-refractivity contribution in [3.05, 3.63) is 35.0 Å². The van der Waals surface area contributed by atoms with Gasteiger partial charge in [0.15, 0.2) is 0 Å². The maximum absolute atomic E-state index is 12.5. The molecule has 21 heavy (non-hydrogen) atoms. The number of pyridine rings is 1. The lowest BCUT2D eigenvalue weighted by molar-refractivity contribution is -0.136. The summed E-state index contributed by atoms with van der Waals surface area (Å²) in [5.41, 5.74) is 0. The highest BCUT2D eigenvalue weighted by molar-refractivity contribution is 9.10. The number of allylic oxidation sites excluding steroid dienone is 2. The number of carbonyl (C=O) groups is 1. The van der Waals surface area contributed by atoms with Gasteiger partial charge in [-0.2, -0.15) is 0 Å². The molecule has 1 aliphatic carbocycles. The fourth-order valence-electron chi connectivity index (χ4n) is 2.99. The summed E-state index contributed by atoms with van der Waals surface area (Å²) in [5, 5.41) is 0. The predicted molar refractivity (Wildman–Crippen MR) is 87.2 cm³/mol. The molecule has 0 bridgehead atoms. The number of nitrogens with zero attached hydrogens (tertiary/aromatic N) is 3. The van der Waals surface area contributed by atoms with Crippen LogP contribution in [0.2, 0.25) is 0 Å². The molecule has 3 rings (SSSR count). The van der Waals surface area contributed by atoms with Gasteiger partial charge in [0.2, 0.25) is 5.91 Å². The number of rotatable bonds is 2. The molecule has 0 saturated carbocycles. The summed E-state index contributed by atoms with van der Waals surface area (Å²) in [4.78, 5) is 21.2. The predicted octanol–water partition coefficient (Wildman–Crippen LogP) is 2.85. The van der Waals surface area contributed by atoms with E-state index in [4.69, 9.17) is 0 Å². The molecule has 1 unspecified atom stereocenters. The molecule has 1 saturated heterocycles. The van der Waals surface area contributed by atoms with E-state index in [1.807, 2.05) is 23.2 Å². The van der Waals surface area contributed by atoms with Crippen LogP contribution in [0.1, 0.15) is 19.3 Å². The summed E-state index contributed by atoms with van der Waals surface area (Å²) in [7, 11) is 0. The first-order chi connectivity index (χ1) is 10.2. The Morgan fingerprint density at radius 1 is 1.19 bits per heavy atom. The van der Waals surface area contributed by atoms with E-state index in [1.54, 1.807) is 0 Å². The van der Waals surface area contributed by atoms with Crippen LogP contribution in [0.25, 0.3) is 0 Å². The average Bonchev–Trinajstić information content (AvgIpc) is 2.56. The molecule has 4 nitrogen and oxygen atoms in total. The standard InChI is InChI=1S/C16H20BrN3O/c17-14-6-7-15(18-12-14)19-8-10-20(11-9-19)16(21)13-4-2-1-3-5-13/h1-2,6-7,12-13H,3-5,8-11H2. The van der Waals surface area contributed by atoms with E-state index in [-0.39, 0.29) is 5.92 Å². The van der Waals surface area contributed by atoms with Crippen LogP contribution in [0.5, 0.6) is 0 Å². The minimum Gasteiger partial charge on any atom is -0.353 e. The number of anilines is 1. The van der Waals surface area contributed by atoms with E-state index in [2.05, 4.69) is 38.0 Å². The van der Waals surface area contributed by atoms with E-state index >= 15 is 0 Å². The monoisotopic (exact) mass is 349 g/mol. The largest absolute Gasteiger partial charge is 0.353 e. The van der Waals surface area contributed by atoms with Gasteiger partial charge in [-0.05, 0) is 47.3 Å². The zero-order valence-corrected chi connectivity index (χ0v) is 13.6. The second kappa shape index (κ2) is 6.60. The molecule has 1 fully saturated rings. The molecule has 0 radical (unpaired) electrons. The second-order valence-electron chi connectivity index (χ2n) is 5.63. The van der Waals surface area contributed by atoms with Crippen molar-refractivity contribution in [3.63, 3.8) is 0 Å². The number of hydrogen-bond donors (Lipinski definition) is 0. The Morgan fingerprint density at radius 2 is 2.00 bits per heavy atom. The topological polar surface area (TPSA) is 36.4 Å². The maximum Gasteiger partial charge on any atom is 0.226 e. The molecule has 1 amide bonds. The summed E-state index contributed by atoms with van der Waals surface area (Å²) in [6.45, 7) is 3.33. The van der Waals surface area contributed by atoms with Gasteiger partial charge in [0, 0.05) is 42.8 Å². The quantitative estimate of drug-likeness (QED) is 0.770. The van der Waals surface area contributed by atoms with Gasteiger partial charge >= 0.3 is 0 Å². The summed E-state index contributed by atoms with van der Waals surface area (Å²) in [6.07, 6.45) is 9.10. The van der Waals surface area contributed by atoms with E-state index in [0.717, 1.165) is 55.7 Å². The number of piperazine rings is 1. The number of aromatic nitrogens is 1. The first kappa shape index (κ1) is 14.6. The Bertz CT molecular complexity index is 521. The van der Waals surface area contributed by atoms with E-state index in [1.165, 1.54) is 0 Å². The molecule has 5 heteroatoms. The van der Waals surface area contributed by atoms with Crippen molar-refractivity contribution in [2.24, 2.45) is 5.92 Å². The van der Waals surface area contributed by atoms with Crippen molar-refractivity contribution in [1.29, 1.82) is 0 Å². The first-order valence-electron chi connectivity index (χ1n) is 7.54. The minimum atomic E-state index is 0.201. The number of carbonyl (C=O) groups excluding carboxylic acids is 1. The highest BCUT2D eigenvalue weighted by Gasteiger charge is 2.27. The van der Waals surface area contributed by atoms with Crippen LogP contribution in [0, 0.1) is 5.92 Å². The van der Waals surface area contributed by atoms with Gasteiger partial charge in [-0.15, -0.1) is 0 Å². The van der Waals surface area contributed by atoms with Gasteiger partial charge in [0.05, 0.1) is 0 Å². The Balaban J connectivity index is 1.56. The van der Waals surface area contributed by atoms with E-state index in [0.29, 0.717) is 5.91 Å². The summed E-state index contributed by atoms with van der Waals surface area (Å²) in [5.74, 6) is 1.53. The van der Waals surface area contributed by atoms with Gasteiger partial charge < -0.3 is 9.80 Å². The molecular formula is C16H20BrN3O. The lowest BCUT2D eigenvalue weighted by Crippen LogP contribution is -2.50. The highest BCUT2D eigenvalue weighted by atomic mass is 79.9. The molecular weight excluding hydrogens is 330 g/mol. The molecule has 1 atom stereocenters. The Kier molecular flexibility index (Phi) is 4.58. The SMILES string of the molecule is O=C(C1CC=CCC1)N1CCN(c2ccc(Br)cn2)CC1. The number of halogens is 1. The molecule has 112 valence electrons. The van der Waals surface area contributed by atoms with Crippen LogP contribution in [0.15, 0.2) is 35.0 Å². The van der Waals surface area contributed by atoms with Crippen LogP contribution < -0.4 is 4.90 Å². The van der Waals surface area contributed by atoms with Crippen LogP contribution in [0.4, 0.5) is 5.82 Å². The fourth-order valence-corrected chi connectivity index (χ4v) is 3.22. The zero-order chi connectivity index (χ0) is 14.7.